The number of nitrogens with two attached hydrogens (primary N) is 1. The molecule has 0 aromatic rings. The molecule has 0 aliphatic carbocycles. The van der Waals surface area contributed by atoms with E-state index in [0.29, 0.717) is 11.6 Å². The zero-order chi connectivity index (χ0) is 14.8. The summed E-state index contributed by atoms with van der Waals surface area (Å²) in [6, 6.07) is -0.645. The number of hydrogen-bond donors (Lipinski definition) is 2. The van der Waals surface area contributed by atoms with Crippen LogP contribution in [-0.2, 0) is 9.59 Å². The Labute approximate surface area is 116 Å². The van der Waals surface area contributed by atoms with Gasteiger partial charge in [0.2, 0.25) is 11.8 Å². The van der Waals surface area contributed by atoms with E-state index in [4.69, 9.17) is 10.8 Å². The molecule has 108 valence electrons. The van der Waals surface area contributed by atoms with E-state index in [9.17, 15) is 14.4 Å². The number of carbonyl (C=O) groups is 3. The van der Waals surface area contributed by atoms with Crippen LogP contribution in [0, 0.1) is 0 Å². The Bertz CT molecular complexity index is 394. The van der Waals surface area contributed by atoms with E-state index in [1.165, 1.54) is 16.7 Å². The van der Waals surface area contributed by atoms with Gasteiger partial charge in [0, 0.05) is 11.3 Å². The zero-order valence-corrected chi connectivity index (χ0v) is 12.1. The number of hydrogen-bond acceptors (Lipinski definition) is 4. The topological polar surface area (TPSA) is 104 Å². The Morgan fingerprint density at radius 1 is 1.42 bits per heavy atom. The van der Waals surface area contributed by atoms with Crippen molar-refractivity contribution in [3.63, 3.8) is 0 Å². The molecule has 0 aromatic carbocycles. The fourth-order valence-electron chi connectivity index (χ4n) is 1.74. The average Bonchev–Trinajstić information content (AvgIpc) is 2.72. The molecule has 0 spiro atoms. The number of carbonyl (C=O) groups excluding carboxylic acids is 2. The lowest BCUT2D eigenvalue weighted by Gasteiger charge is -2.34. The fraction of sp³-hybridized carbons (Fsp3) is 0.727. The van der Waals surface area contributed by atoms with Crippen molar-refractivity contribution in [2.24, 2.45) is 5.73 Å². The highest BCUT2D eigenvalue weighted by Gasteiger charge is 2.36. The van der Waals surface area contributed by atoms with Gasteiger partial charge < -0.3 is 15.7 Å². The summed E-state index contributed by atoms with van der Waals surface area (Å²) in [4.78, 5) is 36.9. The molecule has 3 N–H and O–H groups in total. The van der Waals surface area contributed by atoms with Crippen LogP contribution in [0.25, 0.3) is 0 Å². The normalized spacial score (nSPS) is 19.3. The summed E-state index contributed by atoms with van der Waals surface area (Å²) in [5.74, 6) is -0.129. The van der Waals surface area contributed by atoms with Gasteiger partial charge in [0.1, 0.15) is 12.6 Å². The molecule has 1 aliphatic rings. The standard InChI is InChI=1S/C11H19N3O4S/c1-11(2,3)14(10(17)18)4-8(15)13-6-19-5-7(13)9(12)16/h7H,4-6H2,1-3H3,(H2,12,16)(H,17,18). The summed E-state index contributed by atoms with van der Waals surface area (Å²) in [5.41, 5.74) is 4.54. The van der Waals surface area contributed by atoms with Crippen LogP contribution in [0.4, 0.5) is 4.79 Å². The van der Waals surface area contributed by atoms with Crippen LogP contribution in [0.1, 0.15) is 20.8 Å². The summed E-state index contributed by atoms with van der Waals surface area (Å²) in [6.45, 7) is 4.85. The summed E-state index contributed by atoms with van der Waals surface area (Å²) in [5, 5.41) is 9.13. The zero-order valence-electron chi connectivity index (χ0n) is 11.3. The maximum Gasteiger partial charge on any atom is 0.408 e. The first kappa shape index (κ1) is 15.6. The minimum absolute atomic E-state index is 0.275. The quantitative estimate of drug-likeness (QED) is 0.769. The Balaban J connectivity index is 2.78. The van der Waals surface area contributed by atoms with E-state index in [1.54, 1.807) is 20.8 Å². The number of rotatable bonds is 3. The van der Waals surface area contributed by atoms with Gasteiger partial charge in [0.15, 0.2) is 0 Å². The van der Waals surface area contributed by atoms with Gasteiger partial charge >= 0.3 is 6.09 Å². The second kappa shape index (κ2) is 5.68. The molecule has 3 amide bonds. The molecule has 1 rings (SSSR count). The lowest BCUT2D eigenvalue weighted by Crippen LogP contribution is -2.53. The van der Waals surface area contributed by atoms with Gasteiger partial charge in [-0.15, -0.1) is 11.8 Å². The van der Waals surface area contributed by atoms with Crippen LogP contribution < -0.4 is 5.73 Å². The van der Waals surface area contributed by atoms with Gasteiger partial charge in [-0.3, -0.25) is 14.5 Å². The molecule has 0 bridgehead atoms. The molecule has 0 radical (unpaired) electrons. The van der Waals surface area contributed by atoms with E-state index in [2.05, 4.69) is 0 Å². The van der Waals surface area contributed by atoms with Crippen LogP contribution in [0.3, 0.4) is 0 Å². The lowest BCUT2D eigenvalue weighted by atomic mass is 10.1. The summed E-state index contributed by atoms with van der Waals surface area (Å²) < 4.78 is 0. The first-order chi connectivity index (χ1) is 8.64. The molecule has 0 aromatic heterocycles. The predicted octanol–water partition coefficient (Wildman–Crippen LogP) is 0.152. The van der Waals surface area contributed by atoms with Crippen LogP contribution in [0.15, 0.2) is 0 Å². The number of thioether (sulfide) groups is 1. The second-order valence-electron chi connectivity index (χ2n) is 5.32. The van der Waals surface area contributed by atoms with Crippen LogP contribution in [0.5, 0.6) is 0 Å². The Kier molecular flexibility index (Phi) is 4.67. The molecule has 19 heavy (non-hydrogen) atoms. The number of carboxylic acid groups (broad SMARTS) is 1. The molecule has 1 fully saturated rings. The van der Waals surface area contributed by atoms with Crippen LogP contribution in [0.2, 0.25) is 0 Å². The van der Waals surface area contributed by atoms with E-state index in [0.717, 1.165) is 4.90 Å². The number of primary amides is 1. The third-order valence-corrected chi connectivity index (χ3v) is 3.88. The predicted molar refractivity (Wildman–Crippen MR) is 71.6 cm³/mol. The molecule has 0 saturated carbocycles. The highest BCUT2D eigenvalue weighted by Crippen LogP contribution is 2.22. The van der Waals surface area contributed by atoms with Gasteiger partial charge in [0.25, 0.3) is 0 Å². The van der Waals surface area contributed by atoms with Crippen molar-refractivity contribution in [1.82, 2.24) is 9.80 Å². The van der Waals surface area contributed by atoms with Gasteiger partial charge in [-0.05, 0) is 20.8 Å². The largest absolute Gasteiger partial charge is 0.465 e. The molecule has 8 heteroatoms. The van der Waals surface area contributed by atoms with Gasteiger partial charge in [-0.25, -0.2) is 4.79 Å². The Hall–Kier alpha value is -1.44. The second-order valence-corrected chi connectivity index (χ2v) is 6.32. The van der Waals surface area contributed by atoms with Crippen molar-refractivity contribution < 1.29 is 19.5 Å². The smallest absolute Gasteiger partial charge is 0.408 e. The summed E-state index contributed by atoms with van der Waals surface area (Å²) in [7, 11) is 0. The molecule has 7 nitrogen and oxygen atoms in total. The van der Waals surface area contributed by atoms with Crippen LogP contribution in [-0.4, -0.2) is 62.6 Å². The lowest BCUT2D eigenvalue weighted by molar-refractivity contribution is -0.138. The molecule has 1 atom stereocenters. The first-order valence-corrected chi connectivity index (χ1v) is 6.97. The SMILES string of the molecule is CC(C)(C)N(CC(=O)N1CSCC1C(N)=O)C(=O)O. The van der Waals surface area contributed by atoms with Crippen molar-refractivity contribution in [3.05, 3.63) is 0 Å². The fourth-order valence-corrected chi connectivity index (χ4v) is 2.94. The molecule has 1 saturated heterocycles. The molecule has 1 unspecified atom stereocenters. The average molecular weight is 289 g/mol. The molecular weight excluding hydrogens is 270 g/mol. The van der Waals surface area contributed by atoms with E-state index in [1.807, 2.05) is 0 Å². The van der Waals surface area contributed by atoms with Gasteiger partial charge in [-0.1, -0.05) is 0 Å². The minimum atomic E-state index is -1.16. The first-order valence-electron chi connectivity index (χ1n) is 5.81. The maximum absolute atomic E-state index is 12.1. The highest BCUT2D eigenvalue weighted by molar-refractivity contribution is 7.99. The van der Waals surface area contributed by atoms with Crippen molar-refractivity contribution >= 4 is 29.7 Å². The van der Waals surface area contributed by atoms with Crippen molar-refractivity contribution in [3.8, 4) is 0 Å². The molecular formula is C11H19N3O4S. The Morgan fingerprint density at radius 2 is 2.00 bits per heavy atom. The number of nitrogens with zero attached hydrogens (tertiary/aromatic N) is 2. The summed E-state index contributed by atoms with van der Waals surface area (Å²) >= 11 is 1.43. The minimum Gasteiger partial charge on any atom is -0.465 e. The van der Waals surface area contributed by atoms with Gasteiger partial charge in [0.05, 0.1) is 5.88 Å². The van der Waals surface area contributed by atoms with Gasteiger partial charge in [-0.2, -0.15) is 0 Å². The Morgan fingerprint density at radius 3 is 2.42 bits per heavy atom. The number of amides is 3. The van der Waals surface area contributed by atoms with E-state index in [-0.39, 0.29) is 6.54 Å². The summed E-state index contributed by atoms with van der Waals surface area (Å²) in [6.07, 6.45) is -1.16. The van der Waals surface area contributed by atoms with Crippen molar-refractivity contribution in [1.29, 1.82) is 0 Å². The van der Waals surface area contributed by atoms with E-state index >= 15 is 0 Å². The molecule has 1 heterocycles. The third kappa shape index (κ3) is 3.76. The van der Waals surface area contributed by atoms with Crippen molar-refractivity contribution in [2.45, 2.75) is 32.4 Å². The van der Waals surface area contributed by atoms with Crippen LogP contribution >= 0.6 is 11.8 Å². The van der Waals surface area contributed by atoms with Crippen molar-refractivity contribution in [2.75, 3.05) is 18.2 Å². The van der Waals surface area contributed by atoms with E-state index < -0.39 is 29.5 Å². The molecule has 1 aliphatic heterocycles. The maximum atomic E-state index is 12.1. The third-order valence-electron chi connectivity index (χ3n) is 2.87. The monoisotopic (exact) mass is 289 g/mol. The highest BCUT2D eigenvalue weighted by atomic mass is 32.2.